The minimum absolute atomic E-state index is 0.909. The Labute approximate surface area is 90.3 Å². The lowest BCUT2D eigenvalue weighted by molar-refractivity contribution is -0.131. The number of hydrogen-bond donors (Lipinski definition) is 1. The molecule has 0 fully saturated rings. The highest BCUT2D eigenvalue weighted by Crippen LogP contribution is 2.22. The molecule has 1 aromatic carbocycles. The Kier molecular flexibility index (Phi) is 3.30. The molecule has 0 amide bonds. The van der Waals surface area contributed by atoms with Crippen molar-refractivity contribution in [2.45, 2.75) is 27.7 Å². The van der Waals surface area contributed by atoms with Crippen LogP contribution >= 0.6 is 0 Å². The Balaban J connectivity index is 3.33. The van der Waals surface area contributed by atoms with Crippen LogP contribution in [-0.4, -0.2) is 11.1 Å². The molecule has 0 atom stereocenters. The standard InChI is InChI=1S/C13H16O2/c1-8-7-9(2)11(4)12(10(8)3)5-6-13(14)15/h5-7H,1-4H3,(H,14,15)/b6-5+. The molecular formula is C13H16O2. The number of carboxylic acid groups (broad SMARTS) is 1. The Morgan fingerprint density at radius 3 is 2.00 bits per heavy atom. The van der Waals surface area contributed by atoms with Gasteiger partial charge >= 0.3 is 5.97 Å². The van der Waals surface area contributed by atoms with Crippen molar-refractivity contribution in [3.8, 4) is 0 Å². The lowest BCUT2D eigenvalue weighted by Crippen LogP contribution is -1.95. The molecule has 80 valence electrons. The zero-order valence-electron chi connectivity index (χ0n) is 9.59. The fourth-order valence-corrected chi connectivity index (χ4v) is 1.65. The van der Waals surface area contributed by atoms with E-state index in [1.807, 2.05) is 27.7 Å². The van der Waals surface area contributed by atoms with Crippen molar-refractivity contribution in [1.29, 1.82) is 0 Å². The number of carboxylic acids is 1. The molecule has 0 aliphatic rings. The van der Waals surface area contributed by atoms with Crippen LogP contribution in [0.1, 0.15) is 27.8 Å². The molecule has 1 aromatic rings. The highest BCUT2D eigenvalue weighted by atomic mass is 16.4. The summed E-state index contributed by atoms with van der Waals surface area (Å²) in [7, 11) is 0. The Morgan fingerprint density at radius 2 is 1.60 bits per heavy atom. The first-order valence-corrected chi connectivity index (χ1v) is 4.92. The van der Waals surface area contributed by atoms with Gasteiger partial charge in [0.25, 0.3) is 0 Å². The molecule has 0 aromatic heterocycles. The molecular weight excluding hydrogens is 188 g/mol. The third-order valence-corrected chi connectivity index (χ3v) is 2.82. The van der Waals surface area contributed by atoms with Crippen LogP contribution in [0.15, 0.2) is 12.1 Å². The molecule has 0 aliphatic carbocycles. The maximum Gasteiger partial charge on any atom is 0.328 e. The Morgan fingerprint density at radius 1 is 1.13 bits per heavy atom. The van der Waals surface area contributed by atoms with Gasteiger partial charge < -0.3 is 5.11 Å². The van der Waals surface area contributed by atoms with E-state index in [0.29, 0.717) is 0 Å². The van der Waals surface area contributed by atoms with Gasteiger partial charge in [-0.15, -0.1) is 0 Å². The van der Waals surface area contributed by atoms with E-state index in [2.05, 4.69) is 6.07 Å². The molecule has 0 spiro atoms. The van der Waals surface area contributed by atoms with E-state index in [1.165, 1.54) is 17.2 Å². The van der Waals surface area contributed by atoms with Gasteiger partial charge in [0.2, 0.25) is 0 Å². The molecule has 0 saturated carbocycles. The average molecular weight is 204 g/mol. The average Bonchev–Trinajstić information content (AvgIpc) is 2.14. The van der Waals surface area contributed by atoms with Crippen molar-refractivity contribution in [2.75, 3.05) is 0 Å². The van der Waals surface area contributed by atoms with Gasteiger partial charge in [-0.2, -0.15) is 0 Å². The quantitative estimate of drug-likeness (QED) is 0.752. The topological polar surface area (TPSA) is 37.3 Å². The molecule has 0 bridgehead atoms. The molecule has 15 heavy (non-hydrogen) atoms. The van der Waals surface area contributed by atoms with E-state index in [1.54, 1.807) is 6.08 Å². The largest absolute Gasteiger partial charge is 0.478 e. The lowest BCUT2D eigenvalue weighted by Gasteiger charge is -2.11. The molecule has 1 N–H and O–H groups in total. The summed E-state index contributed by atoms with van der Waals surface area (Å²) in [5.74, 6) is -0.909. The van der Waals surface area contributed by atoms with Crippen molar-refractivity contribution in [1.82, 2.24) is 0 Å². The summed E-state index contributed by atoms with van der Waals surface area (Å²) in [5.41, 5.74) is 5.72. The van der Waals surface area contributed by atoms with Crippen molar-refractivity contribution in [3.05, 3.63) is 40.0 Å². The van der Waals surface area contributed by atoms with Crippen molar-refractivity contribution < 1.29 is 9.90 Å². The molecule has 2 nitrogen and oxygen atoms in total. The number of aryl methyl sites for hydroxylation is 2. The maximum atomic E-state index is 10.5. The fourth-order valence-electron chi connectivity index (χ4n) is 1.65. The predicted octanol–water partition coefficient (Wildman–Crippen LogP) is 3.02. The number of aliphatic carboxylic acids is 1. The van der Waals surface area contributed by atoms with Crippen LogP contribution in [0.3, 0.4) is 0 Å². The zero-order valence-corrected chi connectivity index (χ0v) is 9.59. The minimum Gasteiger partial charge on any atom is -0.478 e. The van der Waals surface area contributed by atoms with Gasteiger partial charge in [-0.25, -0.2) is 4.79 Å². The van der Waals surface area contributed by atoms with Gasteiger partial charge in [0, 0.05) is 6.08 Å². The highest BCUT2D eigenvalue weighted by Gasteiger charge is 2.05. The fraction of sp³-hybridized carbons (Fsp3) is 0.308. The number of rotatable bonds is 2. The second-order valence-electron chi connectivity index (χ2n) is 3.85. The lowest BCUT2D eigenvalue weighted by atomic mass is 9.94. The van der Waals surface area contributed by atoms with Gasteiger partial charge in [-0.1, -0.05) is 6.07 Å². The van der Waals surface area contributed by atoms with Crippen LogP contribution in [-0.2, 0) is 4.79 Å². The van der Waals surface area contributed by atoms with Crippen LogP contribution in [0.25, 0.3) is 6.08 Å². The third kappa shape index (κ3) is 2.46. The van der Waals surface area contributed by atoms with E-state index in [4.69, 9.17) is 5.11 Å². The van der Waals surface area contributed by atoms with E-state index in [-0.39, 0.29) is 0 Å². The highest BCUT2D eigenvalue weighted by molar-refractivity contribution is 5.86. The summed E-state index contributed by atoms with van der Waals surface area (Å²) in [6.45, 7) is 8.12. The van der Waals surface area contributed by atoms with E-state index >= 15 is 0 Å². The summed E-state index contributed by atoms with van der Waals surface area (Å²) in [4.78, 5) is 10.5. The zero-order chi connectivity index (χ0) is 11.6. The monoisotopic (exact) mass is 204 g/mol. The van der Waals surface area contributed by atoms with Gasteiger partial charge in [-0.05, 0) is 61.6 Å². The van der Waals surface area contributed by atoms with Gasteiger partial charge in [0.15, 0.2) is 0 Å². The van der Waals surface area contributed by atoms with Crippen LogP contribution in [0.5, 0.6) is 0 Å². The Bertz CT molecular complexity index is 402. The minimum atomic E-state index is -0.909. The van der Waals surface area contributed by atoms with Gasteiger partial charge in [-0.3, -0.25) is 0 Å². The van der Waals surface area contributed by atoms with E-state index in [0.717, 1.165) is 16.7 Å². The summed E-state index contributed by atoms with van der Waals surface area (Å²) >= 11 is 0. The molecule has 0 heterocycles. The molecule has 1 rings (SSSR count). The number of benzene rings is 1. The molecule has 0 saturated heterocycles. The van der Waals surface area contributed by atoms with Crippen LogP contribution in [0, 0.1) is 27.7 Å². The van der Waals surface area contributed by atoms with Gasteiger partial charge in [0.05, 0.1) is 0 Å². The smallest absolute Gasteiger partial charge is 0.328 e. The summed E-state index contributed by atoms with van der Waals surface area (Å²) in [5, 5.41) is 8.61. The van der Waals surface area contributed by atoms with Crippen molar-refractivity contribution in [2.24, 2.45) is 0 Å². The molecule has 0 unspecified atom stereocenters. The first-order chi connectivity index (χ1) is 6.93. The van der Waals surface area contributed by atoms with Crippen LogP contribution in [0.4, 0.5) is 0 Å². The van der Waals surface area contributed by atoms with Gasteiger partial charge in [0.1, 0.15) is 0 Å². The number of carbonyl (C=O) groups is 1. The third-order valence-electron chi connectivity index (χ3n) is 2.82. The summed E-state index contributed by atoms with van der Waals surface area (Å²) in [6.07, 6.45) is 2.86. The Hall–Kier alpha value is -1.57. The predicted molar refractivity (Wildman–Crippen MR) is 62.1 cm³/mol. The normalized spacial score (nSPS) is 10.9. The second kappa shape index (κ2) is 4.30. The first-order valence-electron chi connectivity index (χ1n) is 4.92. The first kappa shape index (κ1) is 11.5. The molecule has 0 radical (unpaired) electrons. The maximum absolute atomic E-state index is 10.5. The van der Waals surface area contributed by atoms with Crippen LogP contribution < -0.4 is 0 Å². The van der Waals surface area contributed by atoms with Crippen LogP contribution in [0.2, 0.25) is 0 Å². The van der Waals surface area contributed by atoms with E-state index < -0.39 is 5.97 Å². The van der Waals surface area contributed by atoms with E-state index in [9.17, 15) is 4.79 Å². The SMILES string of the molecule is Cc1cc(C)c(C)c(/C=C/C(=O)O)c1C. The second-order valence-corrected chi connectivity index (χ2v) is 3.85. The van der Waals surface area contributed by atoms with Crippen molar-refractivity contribution >= 4 is 12.0 Å². The summed E-state index contributed by atoms with van der Waals surface area (Å²) in [6, 6.07) is 2.13. The summed E-state index contributed by atoms with van der Waals surface area (Å²) < 4.78 is 0. The van der Waals surface area contributed by atoms with Crippen molar-refractivity contribution in [3.63, 3.8) is 0 Å². The molecule has 2 heteroatoms. The molecule has 0 aliphatic heterocycles. The number of hydrogen-bond acceptors (Lipinski definition) is 1.